The van der Waals surface area contributed by atoms with Crippen LogP contribution in [0.25, 0.3) is 6.08 Å². The van der Waals surface area contributed by atoms with E-state index in [4.69, 9.17) is 9.47 Å². The summed E-state index contributed by atoms with van der Waals surface area (Å²) in [7, 11) is 5.29. The van der Waals surface area contributed by atoms with Crippen molar-refractivity contribution >= 4 is 6.08 Å². The van der Waals surface area contributed by atoms with Crippen LogP contribution in [-0.4, -0.2) is 67.2 Å². The molecule has 1 aliphatic rings. The minimum absolute atomic E-state index is 0.505. The van der Waals surface area contributed by atoms with E-state index in [2.05, 4.69) is 26.8 Å². The number of aromatic nitrogens is 2. The molecule has 2 heterocycles. The Balaban J connectivity index is 2.05. The summed E-state index contributed by atoms with van der Waals surface area (Å²) < 4.78 is 10.2. The predicted molar refractivity (Wildman–Crippen MR) is 73.2 cm³/mol. The molecule has 0 bridgehead atoms. The Morgan fingerprint density at radius 3 is 2.16 bits per heavy atom. The fraction of sp³-hybridized carbons (Fsp3) is 0.538. The van der Waals surface area contributed by atoms with Gasteiger partial charge in [-0.05, 0) is 13.1 Å². The first-order valence-electron chi connectivity index (χ1n) is 6.29. The number of likely N-dealkylation sites (N-methyl/N-ethyl adjacent to an activating group) is 1. The van der Waals surface area contributed by atoms with Crippen LogP contribution in [0.5, 0.6) is 11.8 Å². The Kier molecular flexibility index (Phi) is 4.57. The van der Waals surface area contributed by atoms with Crippen molar-refractivity contribution in [1.82, 2.24) is 19.8 Å². The molecule has 0 spiro atoms. The van der Waals surface area contributed by atoms with Gasteiger partial charge in [0.15, 0.2) is 5.82 Å². The second-order valence-corrected chi connectivity index (χ2v) is 4.47. The van der Waals surface area contributed by atoms with Crippen LogP contribution in [0.15, 0.2) is 12.3 Å². The maximum Gasteiger partial charge on any atom is 0.220 e. The highest BCUT2D eigenvalue weighted by Crippen LogP contribution is 2.15. The van der Waals surface area contributed by atoms with Gasteiger partial charge in [0, 0.05) is 32.4 Å². The lowest BCUT2D eigenvalue weighted by Gasteiger charge is -2.31. The molecule has 0 atom stereocenters. The number of rotatable bonds is 4. The van der Waals surface area contributed by atoms with Crippen LogP contribution in [0.1, 0.15) is 5.82 Å². The molecule has 0 saturated carbocycles. The van der Waals surface area contributed by atoms with Crippen LogP contribution < -0.4 is 9.47 Å². The molecule has 6 heteroatoms. The number of nitrogens with zero attached hydrogens (tertiary/aromatic N) is 4. The zero-order chi connectivity index (χ0) is 13.7. The maximum atomic E-state index is 5.12. The average Bonchev–Trinajstić information content (AvgIpc) is 2.46. The minimum atomic E-state index is 0.505. The third-order valence-electron chi connectivity index (χ3n) is 3.09. The van der Waals surface area contributed by atoms with Crippen molar-refractivity contribution < 1.29 is 9.47 Å². The van der Waals surface area contributed by atoms with Gasteiger partial charge < -0.3 is 19.3 Å². The smallest absolute Gasteiger partial charge is 0.220 e. The average molecular weight is 264 g/mol. The number of methoxy groups -OCH3 is 2. The lowest BCUT2D eigenvalue weighted by Crippen LogP contribution is -2.41. The molecule has 1 aromatic heterocycles. The first-order chi connectivity index (χ1) is 9.21. The van der Waals surface area contributed by atoms with E-state index in [1.165, 1.54) is 0 Å². The molecule has 0 amide bonds. The van der Waals surface area contributed by atoms with Gasteiger partial charge in [0.25, 0.3) is 0 Å². The topological polar surface area (TPSA) is 50.7 Å². The quantitative estimate of drug-likeness (QED) is 0.798. The van der Waals surface area contributed by atoms with Crippen LogP contribution in [0.2, 0.25) is 0 Å². The zero-order valence-electron chi connectivity index (χ0n) is 11.7. The van der Waals surface area contributed by atoms with Crippen LogP contribution in [-0.2, 0) is 0 Å². The highest BCUT2D eigenvalue weighted by molar-refractivity contribution is 5.42. The second-order valence-electron chi connectivity index (χ2n) is 4.47. The number of piperazine rings is 1. The third kappa shape index (κ3) is 3.82. The number of hydrogen-bond donors (Lipinski definition) is 0. The van der Waals surface area contributed by atoms with Crippen LogP contribution >= 0.6 is 0 Å². The molecule has 6 nitrogen and oxygen atoms in total. The molecule has 0 unspecified atom stereocenters. The van der Waals surface area contributed by atoms with Crippen LogP contribution in [0, 0.1) is 0 Å². The van der Waals surface area contributed by atoms with Crippen molar-refractivity contribution in [3.8, 4) is 11.8 Å². The van der Waals surface area contributed by atoms with E-state index >= 15 is 0 Å². The van der Waals surface area contributed by atoms with Gasteiger partial charge in [0.05, 0.1) is 20.3 Å². The molecule has 0 N–H and O–H groups in total. The van der Waals surface area contributed by atoms with Crippen molar-refractivity contribution in [3.05, 3.63) is 18.1 Å². The summed E-state index contributed by atoms with van der Waals surface area (Å²) in [6.07, 6.45) is 3.91. The first-order valence-corrected chi connectivity index (χ1v) is 6.29. The Bertz CT molecular complexity index is 420. The monoisotopic (exact) mass is 264 g/mol. The van der Waals surface area contributed by atoms with Gasteiger partial charge in [-0.2, -0.15) is 9.97 Å². The van der Waals surface area contributed by atoms with Gasteiger partial charge in [-0.1, -0.05) is 0 Å². The highest BCUT2D eigenvalue weighted by Gasteiger charge is 2.10. The van der Waals surface area contributed by atoms with E-state index in [1.54, 1.807) is 20.3 Å². The fourth-order valence-corrected chi connectivity index (χ4v) is 1.85. The maximum absolute atomic E-state index is 5.12. The van der Waals surface area contributed by atoms with E-state index in [9.17, 15) is 0 Å². The van der Waals surface area contributed by atoms with E-state index < -0.39 is 0 Å². The highest BCUT2D eigenvalue weighted by atomic mass is 16.5. The SMILES string of the molecule is COc1cc(OC)nc(C=CN2CCN(C)CC2)n1. The summed E-state index contributed by atoms with van der Waals surface area (Å²) >= 11 is 0. The summed E-state index contributed by atoms with van der Waals surface area (Å²) in [4.78, 5) is 13.1. The Hall–Kier alpha value is -1.82. The van der Waals surface area contributed by atoms with Crippen molar-refractivity contribution in [2.45, 2.75) is 0 Å². The summed E-state index contributed by atoms with van der Waals surface area (Å²) in [6.45, 7) is 4.20. The Morgan fingerprint density at radius 1 is 1.05 bits per heavy atom. The standard InChI is InChI=1S/C13H20N4O2/c1-16-6-8-17(9-7-16)5-4-11-14-12(18-2)10-13(15-11)19-3/h4-5,10H,6-9H2,1-3H3. The molecule has 0 aliphatic carbocycles. The van der Waals surface area contributed by atoms with Crippen molar-refractivity contribution in [3.63, 3.8) is 0 Å². The van der Waals surface area contributed by atoms with Crippen LogP contribution in [0.4, 0.5) is 0 Å². The fourth-order valence-electron chi connectivity index (χ4n) is 1.85. The molecule has 1 aliphatic heterocycles. The molecule has 1 aromatic rings. The third-order valence-corrected chi connectivity index (χ3v) is 3.09. The summed E-state index contributed by atoms with van der Waals surface area (Å²) in [5, 5.41) is 0. The molecule has 104 valence electrons. The molecule has 0 radical (unpaired) electrons. The number of hydrogen-bond acceptors (Lipinski definition) is 6. The molecule has 2 rings (SSSR count). The van der Waals surface area contributed by atoms with Crippen LogP contribution in [0.3, 0.4) is 0 Å². The lowest BCUT2D eigenvalue weighted by atomic mass is 10.3. The largest absolute Gasteiger partial charge is 0.481 e. The van der Waals surface area contributed by atoms with Crippen molar-refractivity contribution in [2.24, 2.45) is 0 Å². The van der Waals surface area contributed by atoms with Gasteiger partial charge in [-0.25, -0.2) is 0 Å². The normalized spacial score (nSPS) is 16.9. The van der Waals surface area contributed by atoms with E-state index in [0.717, 1.165) is 26.2 Å². The zero-order valence-corrected chi connectivity index (χ0v) is 11.7. The van der Waals surface area contributed by atoms with Gasteiger partial charge in [0.2, 0.25) is 11.8 Å². The second kappa shape index (κ2) is 6.38. The minimum Gasteiger partial charge on any atom is -0.481 e. The van der Waals surface area contributed by atoms with E-state index in [-0.39, 0.29) is 0 Å². The summed E-state index contributed by atoms with van der Waals surface area (Å²) in [5.74, 6) is 1.60. The Morgan fingerprint density at radius 2 is 1.63 bits per heavy atom. The molecule has 0 aromatic carbocycles. The van der Waals surface area contributed by atoms with Crippen molar-refractivity contribution in [2.75, 3.05) is 47.4 Å². The van der Waals surface area contributed by atoms with Gasteiger partial charge >= 0.3 is 0 Å². The van der Waals surface area contributed by atoms with Gasteiger partial charge in [-0.3, -0.25) is 0 Å². The predicted octanol–water partition coefficient (Wildman–Crippen LogP) is 0.712. The first kappa shape index (κ1) is 13.6. The molecule has 1 saturated heterocycles. The summed E-state index contributed by atoms with van der Waals surface area (Å²) in [6, 6.07) is 1.66. The molecular formula is C13H20N4O2. The van der Waals surface area contributed by atoms with E-state index in [0.29, 0.717) is 17.6 Å². The number of ether oxygens (including phenoxy) is 2. The molecular weight excluding hydrogens is 244 g/mol. The van der Waals surface area contributed by atoms with Gasteiger partial charge in [0.1, 0.15) is 0 Å². The molecule has 19 heavy (non-hydrogen) atoms. The Labute approximate surface area is 113 Å². The van der Waals surface area contributed by atoms with E-state index in [1.807, 2.05) is 12.3 Å². The summed E-state index contributed by atoms with van der Waals surface area (Å²) in [5.41, 5.74) is 0. The van der Waals surface area contributed by atoms with Crippen molar-refractivity contribution in [1.29, 1.82) is 0 Å². The van der Waals surface area contributed by atoms with Gasteiger partial charge in [-0.15, -0.1) is 0 Å². The molecule has 1 fully saturated rings. The lowest BCUT2D eigenvalue weighted by molar-refractivity contribution is 0.199.